The molecule has 26 heavy (non-hydrogen) atoms. The number of nitrogens with one attached hydrogen (secondary N) is 1. The first-order valence-corrected chi connectivity index (χ1v) is 9.80. The van der Waals surface area contributed by atoms with Crippen molar-refractivity contribution in [3.05, 3.63) is 18.3 Å². The van der Waals surface area contributed by atoms with Gasteiger partial charge in [0.1, 0.15) is 4.90 Å². The van der Waals surface area contributed by atoms with Gasteiger partial charge in [0.05, 0.1) is 6.20 Å². The highest BCUT2D eigenvalue weighted by atomic mass is 32.2. The van der Waals surface area contributed by atoms with Crippen molar-refractivity contribution in [3.8, 4) is 5.88 Å². The zero-order valence-electron chi connectivity index (χ0n) is 14.1. The topological polar surface area (TPSA) is 74.8 Å². The average Bonchev–Trinajstić information content (AvgIpc) is 3.11. The molecular weight excluding hydrogens is 373 g/mol. The molecule has 2 fully saturated rings. The van der Waals surface area contributed by atoms with Gasteiger partial charge in [-0.05, 0) is 12.5 Å². The van der Waals surface area contributed by atoms with E-state index in [0.29, 0.717) is 13.1 Å². The summed E-state index contributed by atoms with van der Waals surface area (Å²) in [4.78, 5) is 5.93. The van der Waals surface area contributed by atoms with Gasteiger partial charge in [-0.1, -0.05) is 0 Å². The molecule has 0 bridgehead atoms. The van der Waals surface area contributed by atoms with Crippen LogP contribution in [0.1, 0.15) is 6.42 Å². The number of nitrogens with zero attached hydrogens (tertiary/aromatic N) is 3. The fourth-order valence-electron chi connectivity index (χ4n) is 3.18. The van der Waals surface area contributed by atoms with Gasteiger partial charge in [-0.25, -0.2) is 13.4 Å². The summed E-state index contributed by atoms with van der Waals surface area (Å²) in [6.45, 7) is 2.94. The second-order valence-electron chi connectivity index (χ2n) is 6.33. The molecule has 0 aliphatic carbocycles. The van der Waals surface area contributed by atoms with E-state index in [1.165, 1.54) is 10.4 Å². The van der Waals surface area contributed by atoms with Crippen molar-refractivity contribution < 1.29 is 26.3 Å². The fraction of sp³-hybridized carbons (Fsp3) is 0.667. The van der Waals surface area contributed by atoms with Crippen LogP contribution in [-0.2, 0) is 10.0 Å². The Morgan fingerprint density at radius 3 is 2.58 bits per heavy atom. The molecule has 0 radical (unpaired) electrons. The van der Waals surface area contributed by atoms with Crippen LogP contribution in [0.4, 0.5) is 13.2 Å². The highest BCUT2D eigenvalue weighted by Crippen LogP contribution is 2.25. The molecule has 0 aromatic carbocycles. The van der Waals surface area contributed by atoms with Crippen LogP contribution in [0.25, 0.3) is 0 Å². The molecule has 1 atom stereocenters. The number of hydrogen-bond donors (Lipinski definition) is 1. The number of hydrogen-bond acceptors (Lipinski definition) is 6. The third-order valence-electron chi connectivity index (χ3n) is 4.52. The van der Waals surface area contributed by atoms with Crippen molar-refractivity contribution in [2.45, 2.75) is 23.5 Å². The Hall–Kier alpha value is -1.43. The molecule has 2 aliphatic heterocycles. The van der Waals surface area contributed by atoms with Crippen molar-refractivity contribution in [1.82, 2.24) is 19.5 Å². The summed E-state index contributed by atoms with van der Waals surface area (Å²) in [6.07, 6.45) is -2.67. The van der Waals surface area contributed by atoms with Gasteiger partial charge in [-0.3, -0.25) is 4.90 Å². The van der Waals surface area contributed by atoms with E-state index in [9.17, 15) is 21.6 Å². The highest BCUT2D eigenvalue weighted by molar-refractivity contribution is 7.89. The molecule has 3 rings (SSSR count). The molecule has 2 aliphatic rings. The minimum Gasteiger partial charge on any atom is -0.468 e. The molecule has 1 aromatic heterocycles. The van der Waals surface area contributed by atoms with Crippen molar-refractivity contribution in [1.29, 1.82) is 0 Å². The van der Waals surface area contributed by atoms with E-state index in [1.54, 1.807) is 0 Å². The standard InChI is InChI=1S/C15H21F3N4O3S/c16-15(17,18)11-25-14-2-1-13(9-20-14)26(23,24)22-6-3-12(10-22)21-7-4-19-5-8-21/h1-2,9,12,19H,3-8,10-11H2. The van der Waals surface area contributed by atoms with Gasteiger partial charge in [-0.2, -0.15) is 17.5 Å². The van der Waals surface area contributed by atoms with E-state index in [4.69, 9.17) is 0 Å². The number of alkyl halides is 3. The molecule has 2 saturated heterocycles. The van der Waals surface area contributed by atoms with E-state index < -0.39 is 22.8 Å². The highest BCUT2D eigenvalue weighted by Gasteiger charge is 2.35. The lowest BCUT2D eigenvalue weighted by molar-refractivity contribution is -0.154. The first-order valence-electron chi connectivity index (χ1n) is 8.36. The van der Waals surface area contributed by atoms with Crippen molar-refractivity contribution in [3.63, 3.8) is 0 Å². The predicted molar refractivity (Wildman–Crippen MR) is 87.4 cm³/mol. The number of rotatable bonds is 5. The Balaban J connectivity index is 1.62. The molecule has 0 amide bonds. The molecule has 0 spiro atoms. The van der Waals surface area contributed by atoms with Gasteiger partial charge in [0.15, 0.2) is 6.61 Å². The smallest absolute Gasteiger partial charge is 0.422 e. The Labute approximate surface area is 150 Å². The number of halogens is 3. The normalized spacial score (nSPS) is 23.3. The third kappa shape index (κ3) is 4.64. The Morgan fingerprint density at radius 2 is 1.96 bits per heavy atom. The van der Waals surface area contributed by atoms with Crippen LogP contribution in [-0.4, -0.2) is 80.7 Å². The van der Waals surface area contributed by atoms with Gasteiger partial charge in [0.25, 0.3) is 0 Å². The SMILES string of the molecule is O=S(=O)(c1ccc(OCC(F)(F)F)nc1)N1CCC(N2CCNCC2)C1. The molecule has 146 valence electrons. The quantitative estimate of drug-likeness (QED) is 0.792. The van der Waals surface area contributed by atoms with E-state index >= 15 is 0 Å². The Bertz CT molecular complexity index is 706. The second kappa shape index (κ2) is 7.67. The monoisotopic (exact) mass is 394 g/mol. The second-order valence-corrected chi connectivity index (χ2v) is 8.27. The summed E-state index contributed by atoms with van der Waals surface area (Å²) in [5.41, 5.74) is 0. The van der Waals surface area contributed by atoms with Crippen LogP contribution in [0.2, 0.25) is 0 Å². The predicted octanol–water partition coefficient (Wildman–Crippen LogP) is 0.691. The summed E-state index contributed by atoms with van der Waals surface area (Å²) in [6, 6.07) is 2.56. The van der Waals surface area contributed by atoms with E-state index in [1.807, 2.05) is 0 Å². The lowest BCUT2D eigenvalue weighted by Crippen LogP contribution is -2.49. The van der Waals surface area contributed by atoms with Crippen molar-refractivity contribution in [2.75, 3.05) is 45.9 Å². The summed E-state index contributed by atoms with van der Waals surface area (Å²) in [5.74, 6) is -0.263. The maximum Gasteiger partial charge on any atom is 0.422 e. The lowest BCUT2D eigenvalue weighted by Gasteiger charge is -2.32. The Morgan fingerprint density at radius 1 is 1.23 bits per heavy atom. The van der Waals surface area contributed by atoms with Gasteiger partial charge < -0.3 is 10.1 Å². The van der Waals surface area contributed by atoms with Crippen molar-refractivity contribution in [2.24, 2.45) is 0 Å². The summed E-state index contributed by atoms with van der Waals surface area (Å²) >= 11 is 0. The zero-order valence-corrected chi connectivity index (χ0v) is 14.9. The zero-order chi connectivity index (χ0) is 18.8. The molecule has 1 N–H and O–H groups in total. The summed E-state index contributed by atoms with van der Waals surface area (Å²) in [7, 11) is -3.72. The molecule has 0 saturated carbocycles. The Kier molecular flexibility index (Phi) is 5.70. The van der Waals surface area contributed by atoms with E-state index in [2.05, 4.69) is 19.9 Å². The third-order valence-corrected chi connectivity index (χ3v) is 6.37. The first-order chi connectivity index (χ1) is 12.3. The number of aromatic nitrogens is 1. The van der Waals surface area contributed by atoms with Gasteiger partial charge in [0, 0.05) is 51.4 Å². The molecule has 11 heteroatoms. The summed E-state index contributed by atoms with van der Waals surface area (Å²) in [5, 5.41) is 3.27. The van der Waals surface area contributed by atoms with Gasteiger partial charge in [-0.15, -0.1) is 0 Å². The van der Waals surface area contributed by atoms with Gasteiger partial charge >= 0.3 is 6.18 Å². The van der Waals surface area contributed by atoms with E-state index in [-0.39, 0.29) is 16.8 Å². The fourth-order valence-corrected chi connectivity index (χ4v) is 4.62. The molecule has 1 unspecified atom stereocenters. The minimum absolute atomic E-state index is 0.0437. The number of pyridine rings is 1. The van der Waals surface area contributed by atoms with Crippen LogP contribution in [0.15, 0.2) is 23.2 Å². The largest absolute Gasteiger partial charge is 0.468 e. The average molecular weight is 394 g/mol. The number of ether oxygens (including phenoxy) is 1. The first kappa shape index (κ1) is 19.3. The van der Waals surface area contributed by atoms with Crippen molar-refractivity contribution >= 4 is 10.0 Å². The van der Waals surface area contributed by atoms with Crippen LogP contribution in [0.3, 0.4) is 0 Å². The molecule has 1 aromatic rings. The molecule has 3 heterocycles. The summed E-state index contributed by atoms with van der Waals surface area (Å²) < 4.78 is 67.8. The number of sulfonamides is 1. The number of piperazine rings is 1. The molecule has 7 nitrogen and oxygen atoms in total. The maximum atomic E-state index is 12.7. The lowest BCUT2D eigenvalue weighted by atomic mass is 10.2. The molecular formula is C15H21F3N4O3S. The van der Waals surface area contributed by atoms with Crippen LogP contribution >= 0.6 is 0 Å². The van der Waals surface area contributed by atoms with Crippen LogP contribution < -0.4 is 10.1 Å². The van der Waals surface area contributed by atoms with E-state index in [0.717, 1.165) is 44.9 Å². The van der Waals surface area contributed by atoms with Crippen LogP contribution in [0, 0.1) is 0 Å². The van der Waals surface area contributed by atoms with Crippen LogP contribution in [0.5, 0.6) is 5.88 Å². The van der Waals surface area contributed by atoms with Gasteiger partial charge in [0.2, 0.25) is 15.9 Å². The minimum atomic E-state index is -4.47. The maximum absolute atomic E-state index is 12.7.